The number of aryl methyl sites for hydroxylation is 1. The van der Waals surface area contributed by atoms with Crippen molar-refractivity contribution in [3.63, 3.8) is 0 Å². The maximum absolute atomic E-state index is 11.9. The number of nitrogen functional groups attached to an aromatic ring is 1. The van der Waals surface area contributed by atoms with E-state index >= 15 is 0 Å². The van der Waals surface area contributed by atoms with Crippen LogP contribution in [0, 0.1) is 0 Å². The van der Waals surface area contributed by atoms with Gasteiger partial charge in [-0.25, -0.2) is 0 Å². The van der Waals surface area contributed by atoms with E-state index in [1.54, 1.807) is 36.1 Å². The number of nitrogens with zero attached hydrogens (tertiary/aromatic N) is 2. The molecule has 0 aliphatic rings. The fraction of sp³-hybridized carbons (Fsp3) is 0.0909. The largest absolute Gasteiger partial charge is 0.399 e. The zero-order valence-electron chi connectivity index (χ0n) is 9.14. The molecule has 17 heavy (non-hydrogen) atoms. The first-order valence-electron chi connectivity index (χ1n) is 4.91. The summed E-state index contributed by atoms with van der Waals surface area (Å²) in [6.45, 7) is 0. The van der Waals surface area contributed by atoms with E-state index in [2.05, 4.69) is 26.3 Å². The Bertz CT molecular complexity index is 564. The summed E-state index contributed by atoms with van der Waals surface area (Å²) in [6, 6.07) is 5.23. The number of amides is 1. The number of nitrogens with one attached hydrogen (secondary N) is 1. The molecule has 0 fully saturated rings. The Labute approximate surface area is 107 Å². The van der Waals surface area contributed by atoms with Crippen molar-refractivity contribution in [2.45, 2.75) is 0 Å². The Morgan fingerprint density at radius 2 is 2.29 bits per heavy atom. The molecule has 0 radical (unpaired) electrons. The lowest BCUT2D eigenvalue weighted by molar-refractivity contribution is 0.102. The molecule has 0 saturated heterocycles. The molecule has 1 aromatic heterocycles. The smallest absolute Gasteiger partial charge is 0.258 e. The van der Waals surface area contributed by atoms with Crippen molar-refractivity contribution in [2.24, 2.45) is 7.05 Å². The lowest BCUT2D eigenvalue weighted by Gasteiger charge is -2.06. The molecule has 0 spiro atoms. The minimum atomic E-state index is -0.218. The van der Waals surface area contributed by atoms with E-state index < -0.39 is 0 Å². The van der Waals surface area contributed by atoms with E-state index in [-0.39, 0.29) is 5.91 Å². The molecular formula is C11H11BrN4O. The number of aromatic nitrogens is 2. The summed E-state index contributed by atoms with van der Waals surface area (Å²) in [4.78, 5) is 11.9. The molecule has 0 unspecified atom stereocenters. The first-order chi connectivity index (χ1) is 8.06. The Hall–Kier alpha value is -1.82. The van der Waals surface area contributed by atoms with Gasteiger partial charge in [0, 0.05) is 23.4 Å². The molecule has 88 valence electrons. The van der Waals surface area contributed by atoms with Crippen molar-refractivity contribution >= 4 is 33.2 Å². The Kier molecular flexibility index (Phi) is 3.14. The fourth-order valence-electron chi connectivity index (χ4n) is 1.37. The lowest BCUT2D eigenvalue weighted by atomic mass is 10.2. The Balaban J connectivity index is 2.21. The van der Waals surface area contributed by atoms with Gasteiger partial charge >= 0.3 is 0 Å². The molecule has 5 nitrogen and oxygen atoms in total. The van der Waals surface area contributed by atoms with Crippen LogP contribution in [0.4, 0.5) is 11.4 Å². The van der Waals surface area contributed by atoms with Crippen LogP contribution in [-0.2, 0) is 7.05 Å². The van der Waals surface area contributed by atoms with Gasteiger partial charge in [0.15, 0.2) is 0 Å². The SMILES string of the molecule is Cn1cc(C(=O)Nc2cc(N)ccc2Br)cn1. The Morgan fingerprint density at radius 3 is 2.94 bits per heavy atom. The average Bonchev–Trinajstić information content (AvgIpc) is 2.70. The monoisotopic (exact) mass is 294 g/mol. The van der Waals surface area contributed by atoms with E-state index in [4.69, 9.17) is 5.73 Å². The van der Waals surface area contributed by atoms with Gasteiger partial charge in [0.1, 0.15) is 0 Å². The van der Waals surface area contributed by atoms with Gasteiger partial charge in [-0.05, 0) is 34.1 Å². The summed E-state index contributed by atoms with van der Waals surface area (Å²) in [5.41, 5.74) is 7.39. The first-order valence-corrected chi connectivity index (χ1v) is 5.70. The molecule has 0 aliphatic carbocycles. The number of anilines is 2. The average molecular weight is 295 g/mol. The number of benzene rings is 1. The highest BCUT2D eigenvalue weighted by Gasteiger charge is 2.10. The molecule has 1 heterocycles. The molecule has 1 amide bonds. The van der Waals surface area contributed by atoms with Gasteiger partial charge in [0.25, 0.3) is 5.91 Å². The predicted octanol–water partition coefficient (Wildman–Crippen LogP) is 2.02. The van der Waals surface area contributed by atoms with Crippen LogP contribution in [0.25, 0.3) is 0 Å². The number of nitrogens with two attached hydrogens (primary N) is 1. The van der Waals surface area contributed by atoms with Gasteiger partial charge in [0.2, 0.25) is 0 Å². The Morgan fingerprint density at radius 1 is 1.53 bits per heavy atom. The van der Waals surface area contributed by atoms with Gasteiger partial charge in [-0.3, -0.25) is 9.48 Å². The van der Waals surface area contributed by atoms with Crippen LogP contribution in [0.5, 0.6) is 0 Å². The molecule has 1 aromatic carbocycles. The summed E-state index contributed by atoms with van der Waals surface area (Å²) >= 11 is 3.35. The van der Waals surface area contributed by atoms with Crippen molar-refractivity contribution < 1.29 is 4.79 Å². The predicted molar refractivity (Wildman–Crippen MR) is 69.7 cm³/mol. The van der Waals surface area contributed by atoms with Crippen molar-refractivity contribution in [1.82, 2.24) is 9.78 Å². The quantitative estimate of drug-likeness (QED) is 0.832. The van der Waals surface area contributed by atoms with Gasteiger partial charge in [0.05, 0.1) is 17.4 Å². The van der Waals surface area contributed by atoms with Crippen LogP contribution < -0.4 is 11.1 Å². The number of carbonyl (C=O) groups is 1. The van der Waals surface area contributed by atoms with Crippen molar-refractivity contribution in [2.75, 3.05) is 11.1 Å². The maximum Gasteiger partial charge on any atom is 0.258 e. The molecular weight excluding hydrogens is 284 g/mol. The highest BCUT2D eigenvalue weighted by molar-refractivity contribution is 9.10. The fourth-order valence-corrected chi connectivity index (χ4v) is 1.72. The summed E-state index contributed by atoms with van der Waals surface area (Å²) in [5, 5.41) is 6.70. The third-order valence-corrected chi connectivity index (χ3v) is 2.90. The van der Waals surface area contributed by atoms with Gasteiger partial charge in [-0.1, -0.05) is 0 Å². The highest BCUT2D eigenvalue weighted by Crippen LogP contribution is 2.25. The number of hydrogen-bond donors (Lipinski definition) is 2. The number of carbonyl (C=O) groups excluding carboxylic acids is 1. The zero-order chi connectivity index (χ0) is 12.4. The summed E-state index contributed by atoms with van der Waals surface area (Å²) in [6.07, 6.45) is 3.16. The second-order valence-electron chi connectivity index (χ2n) is 3.60. The van der Waals surface area contributed by atoms with Crippen LogP contribution in [0.2, 0.25) is 0 Å². The molecule has 0 atom stereocenters. The molecule has 2 rings (SSSR count). The molecule has 0 saturated carbocycles. The minimum Gasteiger partial charge on any atom is -0.399 e. The highest BCUT2D eigenvalue weighted by atomic mass is 79.9. The van der Waals surface area contributed by atoms with Gasteiger partial charge < -0.3 is 11.1 Å². The van der Waals surface area contributed by atoms with Crippen LogP contribution in [-0.4, -0.2) is 15.7 Å². The molecule has 0 bridgehead atoms. The molecule has 6 heteroatoms. The number of rotatable bonds is 2. The van der Waals surface area contributed by atoms with Crippen molar-refractivity contribution in [3.05, 3.63) is 40.6 Å². The third-order valence-electron chi connectivity index (χ3n) is 2.21. The van der Waals surface area contributed by atoms with Crippen LogP contribution >= 0.6 is 15.9 Å². The first kappa shape index (κ1) is 11.7. The second-order valence-corrected chi connectivity index (χ2v) is 4.45. The van der Waals surface area contributed by atoms with Crippen molar-refractivity contribution in [1.29, 1.82) is 0 Å². The third kappa shape index (κ3) is 2.65. The molecule has 0 aliphatic heterocycles. The maximum atomic E-state index is 11.9. The van der Waals surface area contributed by atoms with Crippen LogP contribution in [0.1, 0.15) is 10.4 Å². The zero-order valence-corrected chi connectivity index (χ0v) is 10.7. The summed E-state index contributed by atoms with van der Waals surface area (Å²) < 4.78 is 2.35. The van der Waals surface area contributed by atoms with E-state index in [1.165, 1.54) is 6.20 Å². The van der Waals surface area contributed by atoms with E-state index in [0.29, 0.717) is 16.9 Å². The van der Waals surface area contributed by atoms with Gasteiger partial charge in [-0.2, -0.15) is 5.10 Å². The summed E-state index contributed by atoms with van der Waals surface area (Å²) in [5.74, 6) is -0.218. The number of hydrogen-bond acceptors (Lipinski definition) is 3. The van der Waals surface area contributed by atoms with E-state index in [9.17, 15) is 4.79 Å². The standard InChI is InChI=1S/C11H11BrN4O/c1-16-6-7(5-14-16)11(17)15-10-4-8(13)2-3-9(10)12/h2-6H,13H2,1H3,(H,15,17). The second kappa shape index (κ2) is 4.58. The van der Waals surface area contributed by atoms with Gasteiger partial charge in [-0.15, -0.1) is 0 Å². The normalized spacial score (nSPS) is 10.2. The lowest BCUT2D eigenvalue weighted by Crippen LogP contribution is -2.11. The minimum absolute atomic E-state index is 0.218. The number of halogens is 1. The van der Waals surface area contributed by atoms with Crippen LogP contribution in [0.3, 0.4) is 0 Å². The van der Waals surface area contributed by atoms with Crippen molar-refractivity contribution in [3.8, 4) is 0 Å². The topological polar surface area (TPSA) is 72.9 Å². The van der Waals surface area contributed by atoms with Crippen LogP contribution in [0.15, 0.2) is 35.1 Å². The van der Waals surface area contributed by atoms with E-state index in [0.717, 1.165) is 4.47 Å². The molecule has 3 N–H and O–H groups in total. The summed E-state index contributed by atoms with van der Waals surface area (Å²) in [7, 11) is 1.76. The van der Waals surface area contributed by atoms with E-state index in [1.807, 2.05) is 0 Å². The molecule has 2 aromatic rings.